The molecule has 0 spiro atoms. The SMILES string of the molecule is C=C(C)NC(CCN1CCC(CC)(c2nc(Cc3ccc(F)cc3)no2)CC1)c1ccccc1. The fourth-order valence-electron chi connectivity index (χ4n) is 4.87. The Balaban J connectivity index is 1.35. The molecule has 5 nitrogen and oxygen atoms in total. The van der Waals surface area contributed by atoms with Gasteiger partial charge in [0, 0.05) is 18.7 Å². The number of nitrogens with one attached hydrogen (secondary N) is 1. The second-order valence-corrected chi connectivity index (χ2v) is 9.47. The molecular weight excluding hydrogens is 427 g/mol. The highest BCUT2D eigenvalue weighted by atomic mass is 19.1. The molecule has 1 aliphatic heterocycles. The summed E-state index contributed by atoms with van der Waals surface area (Å²) in [5.74, 6) is 1.17. The van der Waals surface area contributed by atoms with Crippen molar-refractivity contribution in [2.24, 2.45) is 0 Å². The van der Waals surface area contributed by atoms with Crippen molar-refractivity contribution in [3.05, 3.63) is 95.5 Å². The molecular formula is C28H35FN4O. The number of rotatable bonds is 10. The summed E-state index contributed by atoms with van der Waals surface area (Å²) in [5.41, 5.74) is 3.19. The van der Waals surface area contributed by atoms with Gasteiger partial charge in [-0.15, -0.1) is 0 Å². The molecule has 1 saturated heterocycles. The van der Waals surface area contributed by atoms with Crippen molar-refractivity contribution in [3.8, 4) is 0 Å². The van der Waals surface area contributed by atoms with Crippen molar-refractivity contribution in [1.29, 1.82) is 0 Å². The molecule has 6 heteroatoms. The van der Waals surface area contributed by atoms with Gasteiger partial charge in [-0.25, -0.2) is 4.39 Å². The van der Waals surface area contributed by atoms with Crippen molar-refractivity contribution in [2.75, 3.05) is 19.6 Å². The van der Waals surface area contributed by atoms with E-state index in [9.17, 15) is 4.39 Å². The number of likely N-dealkylation sites (tertiary alicyclic amines) is 1. The number of allylic oxidation sites excluding steroid dienone is 1. The highest BCUT2D eigenvalue weighted by Crippen LogP contribution is 2.38. The van der Waals surface area contributed by atoms with Crippen LogP contribution in [0, 0.1) is 5.82 Å². The first kappa shape index (κ1) is 24.1. The first-order chi connectivity index (χ1) is 16.5. The standard InChI is InChI=1S/C28H35FN4O/c1-4-28(27-31-26(32-34-27)20-22-10-12-24(29)13-11-22)15-18-33(19-16-28)17-14-25(30-21(2)3)23-8-6-5-7-9-23/h5-13,25,30H,2,4,14-20H2,1,3H3. The summed E-state index contributed by atoms with van der Waals surface area (Å²) in [6.07, 6.45) is 4.56. The third-order valence-corrected chi connectivity index (χ3v) is 7.04. The molecule has 0 saturated carbocycles. The lowest BCUT2D eigenvalue weighted by molar-refractivity contribution is 0.124. The third kappa shape index (κ3) is 5.92. The van der Waals surface area contributed by atoms with Crippen LogP contribution in [0.15, 0.2) is 71.4 Å². The fraction of sp³-hybridized carbons (Fsp3) is 0.429. The van der Waals surface area contributed by atoms with Crippen molar-refractivity contribution in [3.63, 3.8) is 0 Å². The van der Waals surface area contributed by atoms with E-state index in [4.69, 9.17) is 9.51 Å². The summed E-state index contributed by atoms with van der Waals surface area (Å²) in [6.45, 7) is 11.3. The monoisotopic (exact) mass is 462 g/mol. The Morgan fingerprint density at radius 2 is 1.85 bits per heavy atom. The van der Waals surface area contributed by atoms with E-state index < -0.39 is 0 Å². The molecule has 2 heterocycles. The minimum absolute atomic E-state index is 0.0701. The maximum atomic E-state index is 13.2. The van der Waals surface area contributed by atoms with E-state index in [0.717, 1.165) is 62.5 Å². The summed E-state index contributed by atoms with van der Waals surface area (Å²) in [7, 11) is 0. The van der Waals surface area contributed by atoms with Crippen LogP contribution in [0.2, 0.25) is 0 Å². The zero-order valence-corrected chi connectivity index (χ0v) is 20.3. The molecule has 0 bridgehead atoms. The topological polar surface area (TPSA) is 54.2 Å². The average Bonchev–Trinajstić information content (AvgIpc) is 3.33. The summed E-state index contributed by atoms with van der Waals surface area (Å²) in [6, 6.07) is 17.3. The molecule has 1 aromatic heterocycles. The van der Waals surface area contributed by atoms with Crippen molar-refractivity contribution >= 4 is 0 Å². The molecule has 34 heavy (non-hydrogen) atoms. The number of halogens is 1. The molecule has 2 aromatic carbocycles. The van der Waals surface area contributed by atoms with Crippen LogP contribution < -0.4 is 5.32 Å². The van der Waals surface area contributed by atoms with Crippen molar-refractivity contribution in [1.82, 2.24) is 20.4 Å². The van der Waals surface area contributed by atoms with Gasteiger partial charge in [0.15, 0.2) is 5.82 Å². The Hall–Kier alpha value is -2.99. The van der Waals surface area contributed by atoms with Crippen LogP contribution >= 0.6 is 0 Å². The van der Waals surface area contributed by atoms with E-state index in [2.05, 4.69) is 59.2 Å². The maximum Gasteiger partial charge on any atom is 0.232 e. The lowest BCUT2D eigenvalue weighted by Crippen LogP contribution is -2.43. The minimum Gasteiger partial charge on any atom is -0.382 e. The highest BCUT2D eigenvalue weighted by Gasteiger charge is 2.39. The fourth-order valence-corrected chi connectivity index (χ4v) is 4.87. The van der Waals surface area contributed by atoms with Crippen LogP contribution in [-0.4, -0.2) is 34.7 Å². The first-order valence-electron chi connectivity index (χ1n) is 12.2. The molecule has 4 rings (SSSR count). The van der Waals surface area contributed by atoms with Gasteiger partial charge in [0.25, 0.3) is 0 Å². The van der Waals surface area contributed by atoms with Gasteiger partial charge in [-0.05, 0) is 69.0 Å². The minimum atomic E-state index is -0.236. The summed E-state index contributed by atoms with van der Waals surface area (Å²) < 4.78 is 18.9. The van der Waals surface area contributed by atoms with Crippen LogP contribution in [0.25, 0.3) is 0 Å². The van der Waals surface area contributed by atoms with Gasteiger partial charge in [-0.1, -0.05) is 61.1 Å². The van der Waals surface area contributed by atoms with Crippen LogP contribution in [-0.2, 0) is 11.8 Å². The number of hydrogen-bond donors (Lipinski definition) is 1. The van der Waals surface area contributed by atoms with Crippen LogP contribution in [0.3, 0.4) is 0 Å². The van der Waals surface area contributed by atoms with Gasteiger partial charge in [-0.2, -0.15) is 4.98 Å². The number of piperidine rings is 1. The molecule has 1 atom stereocenters. The molecule has 1 fully saturated rings. The lowest BCUT2D eigenvalue weighted by atomic mass is 9.76. The summed E-state index contributed by atoms with van der Waals surface area (Å²) in [5, 5.41) is 7.77. The van der Waals surface area contributed by atoms with Crippen molar-refractivity contribution < 1.29 is 8.91 Å². The molecule has 0 amide bonds. The lowest BCUT2D eigenvalue weighted by Gasteiger charge is -2.39. The second kappa shape index (κ2) is 11.0. The van der Waals surface area contributed by atoms with Gasteiger partial charge in [0.1, 0.15) is 5.82 Å². The molecule has 1 N–H and O–H groups in total. The Morgan fingerprint density at radius 3 is 2.50 bits per heavy atom. The Morgan fingerprint density at radius 1 is 1.15 bits per heavy atom. The predicted molar refractivity (Wildman–Crippen MR) is 133 cm³/mol. The van der Waals surface area contributed by atoms with Crippen LogP contribution in [0.5, 0.6) is 0 Å². The number of aromatic nitrogens is 2. The second-order valence-electron chi connectivity index (χ2n) is 9.47. The average molecular weight is 463 g/mol. The normalized spacial score (nSPS) is 16.8. The van der Waals surface area contributed by atoms with Gasteiger partial charge < -0.3 is 14.7 Å². The van der Waals surface area contributed by atoms with Crippen LogP contribution in [0.4, 0.5) is 4.39 Å². The summed E-state index contributed by atoms with van der Waals surface area (Å²) >= 11 is 0. The van der Waals surface area contributed by atoms with Gasteiger partial charge in [0.05, 0.1) is 11.5 Å². The van der Waals surface area contributed by atoms with Crippen LogP contribution in [0.1, 0.15) is 68.4 Å². The molecule has 180 valence electrons. The van der Waals surface area contributed by atoms with Gasteiger partial charge >= 0.3 is 0 Å². The predicted octanol–water partition coefficient (Wildman–Crippen LogP) is 5.80. The quantitative estimate of drug-likeness (QED) is 0.413. The van der Waals surface area contributed by atoms with Gasteiger partial charge in [0.2, 0.25) is 5.89 Å². The number of hydrogen-bond acceptors (Lipinski definition) is 5. The van der Waals surface area contributed by atoms with E-state index in [1.54, 1.807) is 12.1 Å². The zero-order valence-electron chi connectivity index (χ0n) is 20.3. The Labute approximate surface area is 202 Å². The molecule has 1 unspecified atom stereocenters. The first-order valence-corrected chi connectivity index (χ1v) is 12.2. The Kier molecular flexibility index (Phi) is 7.78. The van der Waals surface area contributed by atoms with E-state index in [1.807, 2.05) is 6.92 Å². The molecule has 3 aromatic rings. The molecule has 0 aliphatic carbocycles. The zero-order chi connectivity index (χ0) is 24.0. The molecule has 1 aliphatic rings. The maximum absolute atomic E-state index is 13.2. The molecule has 0 radical (unpaired) electrons. The van der Waals surface area contributed by atoms with E-state index in [-0.39, 0.29) is 17.3 Å². The van der Waals surface area contributed by atoms with E-state index in [0.29, 0.717) is 12.2 Å². The highest BCUT2D eigenvalue weighted by molar-refractivity contribution is 5.21. The third-order valence-electron chi connectivity index (χ3n) is 7.04. The smallest absolute Gasteiger partial charge is 0.232 e. The van der Waals surface area contributed by atoms with Gasteiger partial charge in [-0.3, -0.25) is 0 Å². The van der Waals surface area contributed by atoms with E-state index >= 15 is 0 Å². The van der Waals surface area contributed by atoms with Crippen molar-refractivity contribution in [2.45, 2.75) is 57.4 Å². The largest absolute Gasteiger partial charge is 0.382 e. The summed E-state index contributed by atoms with van der Waals surface area (Å²) in [4.78, 5) is 7.30. The number of benzene rings is 2. The Bertz CT molecular complexity index is 1060. The number of nitrogens with zero attached hydrogens (tertiary/aromatic N) is 3. The van der Waals surface area contributed by atoms with E-state index in [1.165, 1.54) is 17.7 Å².